The molecule has 1 fully saturated rings. The van der Waals surface area contributed by atoms with Gasteiger partial charge in [-0.1, -0.05) is 13.8 Å². The second-order valence-corrected chi connectivity index (χ2v) is 4.35. The molecule has 0 aromatic heterocycles. The molecule has 1 saturated heterocycles. The van der Waals surface area contributed by atoms with Crippen molar-refractivity contribution in [2.75, 3.05) is 13.1 Å². The van der Waals surface area contributed by atoms with Crippen molar-refractivity contribution in [2.24, 2.45) is 5.92 Å². The molecule has 0 radical (unpaired) electrons. The summed E-state index contributed by atoms with van der Waals surface area (Å²) < 4.78 is 0. The smallest absolute Gasteiger partial charge is 0.337 e. The summed E-state index contributed by atoms with van der Waals surface area (Å²) in [4.78, 5) is 23.9. The number of piperidine rings is 1. The normalized spacial score (nSPS) is 26.8. The number of rotatable bonds is 2. The standard InChI is InChI=1S/C10H17NO4/c1-7(2)8(12)11-5-3-4-10(15,6-11)9(13)14/h7,15H,3-6H2,1-2H3,(H,13,14). The molecular formula is C10H17NO4. The fourth-order valence-corrected chi connectivity index (χ4v) is 1.76. The summed E-state index contributed by atoms with van der Waals surface area (Å²) in [5, 5.41) is 18.6. The summed E-state index contributed by atoms with van der Waals surface area (Å²) in [6, 6.07) is 0. The maximum atomic E-state index is 11.6. The molecule has 0 aliphatic carbocycles. The average molecular weight is 215 g/mol. The van der Waals surface area contributed by atoms with Gasteiger partial charge in [0.25, 0.3) is 0 Å². The van der Waals surface area contributed by atoms with Gasteiger partial charge in [0.05, 0.1) is 6.54 Å². The van der Waals surface area contributed by atoms with Gasteiger partial charge in [0, 0.05) is 12.5 Å². The molecule has 1 rings (SSSR count). The van der Waals surface area contributed by atoms with Crippen molar-refractivity contribution in [1.29, 1.82) is 0 Å². The van der Waals surface area contributed by atoms with Crippen LogP contribution in [-0.2, 0) is 9.59 Å². The number of likely N-dealkylation sites (tertiary alicyclic amines) is 1. The lowest BCUT2D eigenvalue weighted by molar-refractivity contribution is -0.167. The highest BCUT2D eigenvalue weighted by molar-refractivity contribution is 5.82. The molecule has 86 valence electrons. The monoisotopic (exact) mass is 215 g/mol. The topological polar surface area (TPSA) is 77.8 Å². The van der Waals surface area contributed by atoms with Gasteiger partial charge in [-0.2, -0.15) is 0 Å². The summed E-state index contributed by atoms with van der Waals surface area (Å²) in [5.74, 6) is -1.51. The van der Waals surface area contributed by atoms with Crippen LogP contribution >= 0.6 is 0 Å². The molecule has 1 atom stereocenters. The van der Waals surface area contributed by atoms with E-state index < -0.39 is 11.6 Å². The summed E-state index contributed by atoms with van der Waals surface area (Å²) in [6.45, 7) is 3.96. The zero-order valence-electron chi connectivity index (χ0n) is 9.06. The first-order chi connectivity index (χ1) is 6.87. The molecule has 1 aliphatic heterocycles. The van der Waals surface area contributed by atoms with E-state index in [0.717, 1.165) is 0 Å². The van der Waals surface area contributed by atoms with E-state index in [1.54, 1.807) is 13.8 Å². The van der Waals surface area contributed by atoms with Crippen molar-refractivity contribution < 1.29 is 19.8 Å². The van der Waals surface area contributed by atoms with Crippen LogP contribution in [0.15, 0.2) is 0 Å². The van der Waals surface area contributed by atoms with Gasteiger partial charge in [-0.15, -0.1) is 0 Å². The largest absolute Gasteiger partial charge is 0.479 e. The van der Waals surface area contributed by atoms with E-state index in [2.05, 4.69) is 0 Å². The Morgan fingerprint density at radius 1 is 1.40 bits per heavy atom. The second kappa shape index (κ2) is 4.18. The number of carbonyl (C=O) groups is 2. The third-order valence-electron chi connectivity index (χ3n) is 2.67. The zero-order chi connectivity index (χ0) is 11.6. The van der Waals surface area contributed by atoms with Crippen LogP contribution in [-0.4, -0.2) is 45.7 Å². The van der Waals surface area contributed by atoms with Crippen LogP contribution in [0.25, 0.3) is 0 Å². The number of hydrogen-bond acceptors (Lipinski definition) is 3. The maximum Gasteiger partial charge on any atom is 0.337 e. The summed E-state index contributed by atoms with van der Waals surface area (Å²) >= 11 is 0. The average Bonchev–Trinajstić information content (AvgIpc) is 2.16. The lowest BCUT2D eigenvalue weighted by atomic mass is 9.92. The molecule has 1 unspecified atom stereocenters. The predicted octanol–water partition coefficient (Wildman–Crippen LogP) is 0.0805. The number of aliphatic carboxylic acids is 1. The zero-order valence-corrected chi connectivity index (χ0v) is 9.06. The highest BCUT2D eigenvalue weighted by atomic mass is 16.4. The van der Waals surface area contributed by atoms with Crippen LogP contribution < -0.4 is 0 Å². The van der Waals surface area contributed by atoms with Gasteiger partial charge in [-0.25, -0.2) is 4.79 Å². The van der Waals surface area contributed by atoms with Gasteiger partial charge < -0.3 is 15.1 Å². The molecule has 0 bridgehead atoms. The Balaban J connectivity index is 2.72. The number of carboxylic acids is 1. The van der Waals surface area contributed by atoms with Crippen LogP contribution in [0.1, 0.15) is 26.7 Å². The fourth-order valence-electron chi connectivity index (χ4n) is 1.76. The predicted molar refractivity (Wildman–Crippen MR) is 53.2 cm³/mol. The van der Waals surface area contributed by atoms with Crippen LogP contribution in [0.2, 0.25) is 0 Å². The van der Waals surface area contributed by atoms with Crippen molar-refractivity contribution in [3.05, 3.63) is 0 Å². The number of aliphatic hydroxyl groups is 1. The first kappa shape index (κ1) is 12.0. The Bertz CT molecular complexity index is 277. The number of hydrogen-bond donors (Lipinski definition) is 2. The fraction of sp³-hybridized carbons (Fsp3) is 0.800. The van der Waals surface area contributed by atoms with E-state index in [0.29, 0.717) is 13.0 Å². The van der Waals surface area contributed by atoms with Crippen molar-refractivity contribution in [1.82, 2.24) is 4.90 Å². The van der Waals surface area contributed by atoms with Crippen LogP contribution in [0, 0.1) is 5.92 Å². The first-order valence-electron chi connectivity index (χ1n) is 5.11. The Labute approximate surface area is 88.7 Å². The van der Waals surface area contributed by atoms with Crippen molar-refractivity contribution in [2.45, 2.75) is 32.3 Å². The number of carboxylic acid groups (broad SMARTS) is 1. The Morgan fingerprint density at radius 3 is 2.47 bits per heavy atom. The lowest BCUT2D eigenvalue weighted by Crippen LogP contribution is -2.55. The molecule has 5 heteroatoms. The minimum atomic E-state index is -1.76. The number of carbonyl (C=O) groups excluding carboxylic acids is 1. The van der Waals surface area contributed by atoms with E-state index in [1.165, 1.54) is 4.90 Å². The second-order valence-electron chi connectivity index (χ2n) is 4.35. The molecule has 2 N–H and O–H groups in total. The van der Waals surface area contributed by atoms with E-state index in [9.17, 15) is 14.7 Å². The van der Waals surface area contributed by atoms with E-state index >= 15 is 0 Å². The first-order valence-corrected chi connectivity index (χ1v) is 5.11. The Morgan fingerprint density at radius 2 is 2.00 bits per heavy atom. The van der Waals surface area contributed by atoms with Gasteiger partial charge in [0.2, 0.25) is 5.91 Å². The van der Waals surface area contributed by atoms with Crippen LogP contribution in [0.3, 0.4) is 0 Å². The summed E-state index contributed by atoms with van der Waals surface area (Å²) in [5.41, 5.74) is -1.76. The Kier molecular flexibility index (Phi) is 3.34. The molecule has 0 aromatic carbocycles. The summed E-state index contributed by atoms with van der Waals surface area (Å²) in [6.07, 6.45) is 0.742. The third kappa shape index (κ3) is 2.47. The van der Waals surface area contributed by atoms with Gasteiger partial charge >= 0.3 is 5.97 Å². The molecule has 1 amide bonds. The van der Waals surface area contributed by atoms with Gasteiger partial charge in [0.1, 0.15) is 0 Å². The van der Waals surface area contributed by atoms with E-state index in [1.807, 2.05) is 0 Å². The minimum Gasteiger partial charge on any atom is -0.479 e. The third-order valence-corrected chi connectivity index (χ3v) is 2.67. The highest BCUT2D eigenvalue weighted by Gasteiger charge is 2.41. The van der Waals surface area contributed by atoms with Crippen LogP contribution in [0.4, 0.5) is 0 Å². The van der Waals surface area contributed by atoms with Gasteiger partial charge in [0.15, 0.2) is 5.60 Å². The summed E-state index contributed by atoms with van der Waals surface area (Å²) in [7, 11) is 0. The Hall–Kier alpha value is -1.10. The number of β-amino-alcohol motifs (C(OH)–C–C–N with tert-alkyl or cyclic N) is 1. The highest BCUT2D eigenvalue weighted by Crippen LogP contribution is 2.22. The molecule has 15 heavy (non-hydrogen) atoms. The molecular weight excluding hydrogens is 198 g/mol. The van der Waals surface area contributed by atoms with E-state index in [4.69, 9.17) is 5.11 Å². The molecule has 1 heterocycles. The van der Waals surface area contributed by atoms with Crippen LogP contribution in [0.5, 0.6) is 0 Å². The van der Waals surface area contributed by atoms with E-state index in [-0.39, 0.29) is 24.8 Å². The van der Waals surface area contributed by atoms with Gasteiger partial charge in [-0.3, -0.25) is 4.79 Å². The molecule has 5 nitrogen and oxygen atoms in total. The molecule has 0 spiro atoms. The minimum absolute atomic E-state index is 0.0979. The maximum absolute atomic E-state index is 11.6. The molecule has 1 aliphatic rings. The van der Waals surface area contributed by atoms with Crippen molar-refractivity contribution >= 4 is 11.9 Å². The quantitative estimate of drug-likeness (QED) is 0.684. The SMILES string of the molecule is CC(C)C(=O)N1CCCC(O)(C(=O)O)C1. The van der Waals surface area contributed by atoms with Gasteiger partial charge in [-0.05, 0) is 12.8 Å². The molecule has 0 saturated carbocycles. The lowest BCUT2D eigenvalue weighted by Gasteiger charge is -2.37. The molecule has 0 aromatic rings. The number of nitrogens with zero attached hydrogens (tertiary/aromatic N) is 1. The van der Waals surface area contributed by atoms with Crippen molar-refractivity contribution in [3.8, 4) is 0 Å². The van der Waals surface area contributed by atoms with Crippen molar-refractivity contribution in [3.63, 3.8) is 0 Å². The number of amides is 1.